The standard InChI is InChI=1S/C14H28N2O4/c1-10(15)8-16(12(18)20-14(5,6)7)9-11(17)19-13(2,3)4/h10H,8-9,15H2,1-7H3/t10-/m0/s1. The lowest BCUT2D eigenvalue weighted by atomic mass is 10.2. The molecule has 6 heteroatoms. The molecule has 0 aromatic heterocycles. The molecule has 2 N–H and O–H groups in total. The van der Waals surface area contributed by atoms with Crippen molar-refractivity contribution in [1.29, 1.82) is 0 Å². The van der Waals surface area contributed by atoms with Gasteiger partial charge in [-0.15, -0.1) is 0 Å². The van der Waals surface area contributed by atoms with E-state index in [1.54, 1.807) is 48.5 Å². The van der Waals surface area contributed by atoms with Gasteiger partial charge in [0.2, 0.25) is 0 Å². The Morgan fingerprint density at radius 1 is 1.05 bits per heavy atom. The van der Waals surface area contributed by atoms with Gasteiger partial charge in [-0.05, 0) is 48.5 Å². The van der Waals surface area contributed by atoms with E-state index in [4.69, 9.17) is 15.2 Å². The van der Waals surface area contributed by atoms with Crippen LogP contribution >= 0.6 is 0 Å². The summed E-state index contributed by atoms with van der Waals surface area (Å²) in [5.74, 6) is -0.482. The predicted octanol–water partition coefficient (Wildman–Crippen LogP) is 1.91. The molecule has 1 amide bonds. The van der Waals surface area contributed by atoms with Crippen molar-refractivity contribution in [3.63, 3.8) is 0 Å². The molecule has 0 spiro atoms. The van der Waals surface area contributed by atoms with Crippen LogP contribution in [0.2, 0.25) is 0 Å². The van der Waals surface area contributed by atoms with Crippen LogP contribution in [0.5, 0.6) is 0 Å². The second kappa shape index (κ2) is 6.92. The van der Waals surface area contributed by atoms with Gasteiger partial charge < -0.3 is 15.2 Å². The maximum absolute atomic E-state index is 12.0. The molecule has 118 valence electrons. The van der Waals surface area contributed by atoms with Crippen molar-refractivity contribution < 1.29 is 19.1 Å². The van der Waals surface area contributed by atoms with Gasteiger partial charge in [0.05, 0.1) is 0 Å². The molecule has 0 aliphatic heterocycles. The molecule has 0 aromatic carbocycles. The highest BCUT2D eigenvalue weighted by molar-refractivity contribution is 5.78. The molecule has 0 fully saturated rings. The van der Waals surface area contributed by atoms with E-state index in [0.29, 0.717) is 0 Å². The fraction of sp³-hybridized carbons (Fsp3) is 0.857. The molecule has 20 heavy (non-hydrogen) atoms. The first-order valence-electron chi connectivity index (χ1n) is 6.75. The van der Waals surface area contributed by atoms with Crippen LogP contribution in [-0.4, -0.2) is 47.3 Å². The molecule has 0 saturated carbocycles. The molecule has 0 aliphatic carbocycles. The van der Waals surface area contributed by atoms with Crippen molar-refractivity contribution >= 4 is 12.1 Å². The lowest BCUT2D eigenvalue weighted by Gasteiger charge is -2.29. The first-order valence-corrected chi connectivity index (χ1v) is 6.75. The number of hydrogen-bond donors (Lipinski definition) is 1. The SMILES string of the molecule is C[C@H](N)CN(CC(=O)OC(C)(C)C)C(=O)OC(C)(C)C. The molecule has 0 unspecified atom stereocenters. The minimum absolute atomic E-state index is 0.173. The Hall–Kier alpha value is -1.30. The monoisotopic (exact) mass is 288 g/mol. The average Bonchev–Trinajstić information content (AvgIpc) is 2.09. The van der Waals surface area contributed by atoms with Crippen molar-refractivity contribution in [2.75, 3.05) is 13.1 Å². The fourth-order valence-electron chi connectivity index (χ4n) is 1.41. The van der Waals surface area contributed by atoms with Gasteiger partial charge >= 0.3 is 12.1 Å². The van der Waals surface area contributed by atoms with Gasteiger partial charge in [0.15, 0.2) is 0 Å². The minimum Gasteiger partial charge on any atom is -0.459 e. The smallest absolute Gasteiger partial charge is 0.410 e. The molecule has 0 aromatic rings. The van der Waals surface area contributed by atoms with Gasteiger partial charge in [-0.2, -0.15) is 0 Å². The molecular formula is C14H28N2O4. The molecule has 0 saturated heterocycles. The first-order chi connectivity index (χ1) is 8.80. The van der Waals surface area contributed by atoms with Gasteiger partial charge in [0, 0.05) is 12.6 Å². The van der Waals surface area contributed by atoms with Crippen molar-refractivity contribution in [3.05, 3.63) is 0 Å². The topological polar surface area (TPSA) is 81.9 Å². The van der Waals surface area contributed by atoms with Crippen LogP contribution in [0.4, 0.5) is 4.79 Å². The summed E-state index contributed by atoms with van der Waals surface area (Å²) in [5, 5.41) is 0. The lowest BCUT2D eigenvalue weighted by Crippen LogP contribution is -2.46. The molecule has 1 atom stereocenters. The van der Waals surface area contributed by atoms with Crippen LogP contribution in [0.1, 0.15) is 48.5 Å². The van der Waals surface area contributed by atoms with Crippen LogP contribution in [0.15, 0.2) is 0 Å². The summed E-state index contributed by atoms with van der Waals surface area (Å²) in [5.41, 5.74) is 4.48. The molecular weight excluding hydrogens is 260 g/mol. The van der Waals surface area contributed by atoms with Gasteiger partial charge in [0.1, 0.15) is 17.7 Å². The summed E-state index contributed by atoms with van der Waals surface area (Å²) in [6.07, 6.45) is -0.569. The number of hydrogen-bond acceptors (Lipinski definition) is 5. The quantitative estimate of drug-likeness (QED) is 0.799. The Morgan fingerprint density at radius 3 is 1.85 bits per heavy atom. The van der Waals surface area contributed by atoms with E-state index in [9.17, 15) is 9.59 Å². The normalized spacial score (nSPS) is 13.6. The highest BCUT2D eigenvalue weighted by Gasteiger charge is 2.26. The Bertz CT molecular complexity index is 340. The number of esters is 1. The van der Waals surface area contributed by atoms with E-state index < -0.39 is 23.3 Å². The second-order valence-corrected chi connectivity index (χ2v) is 6.92. The average molecular weight is 288 g/mol. The zero-order chi connectivity index (χ0) is 16.1. The summed E-state index contributed by atoms with van der Waals surface area (Å²) in [4.78, 5) is 25.1. The zero-order valence-electron chi connectivity index (χ0n) is 13.6. The molecule has 0 radical (unpaired) electrons. The third kappa shape index (κ3) is 9.61. The van der Waals surface area contributed by atoms with E-state index in [2.05, 4.69) is 0 Å². The predicted molar refractivity (Wildman–Crippen MR) is 77.3 cm³/mol. The van der Waals surface area contributed by atoms with E-state index in [1.165, 1.54) is 4.90 Å². The third-order valence-corrected chi connectivity index (χ3v) is 1.90. The highest BCUT2D eigenvalue weighted by atomic mass is 16.6. The summed E-state index contributed by atoms with van der Waals surface area (Å²) in [6, 6.07) is -0.259. The van der Waals surface area contributed by atoms with Crippen LogP contribution < -0.4 is 5.73 Å². The Labute approximate surface area is 121 Å². The minimum atomic E-state index is -0.624. The Morgan fingerprint density at radius 2 is 1.50 bits per heavy atom. The maximum Gasteiger partial charge on any atom is 0.410 e. The number of carbonyl (C=O) groups excluding carboxylic acids is 2. The van der Waals surface area contributed by atoms with Crippen molar-refractivity contribution in [2.45, 2.75) is 65.7 Å². The number of amides is 1. The van der Waals surface area contributed by atoms with Crippen LogP contribution in [-0.2, 0) is 14.3 Å². The van der Waals surface area contributed by atoms with E-state index in [1.807, 2.05) is 0 Å². The fourth-order valence-corrected chi connectivity index (χ4v) is 1.41. The van der Waals surface area contributed by atoms with Crippen molar-refractivity contribution in [2.24, 2.45) is 5.73 Å². The molecule has 0 bridgehead atoms. The summed E-state index contributed by atoms with van der Waals surface area (Å²) in [7, 11) is 0. The second-order valence-electron chi connectivity index (χ2n) is 6.92. The zero-order valence-corrected chi connectivity index (χ0v) is 13.6. The Kier molecular flexibility index (Phi) is 6.47. The maximum atomic E-state index is 12.0. The number of nitrogens with two attached hydrogens (primary N) is 1. The van der Waals surface area contributed by atoms with E-state index in [-0.39, 0.29) is 19.1 Å². The summed E-state index contributed by atoms with van der Waals surface area (Å²) < 4.78 is 10.5. The molecule has 0 rings (SSSR count). The largest absolute Gasteiger partial charge is 0.459 e. The van der Waals surface area contributed by atoms with Gasteiger partial charge in [0.25, 0.3) is 0 Å². The van der Waals surface area contributed by atoms with Gasteiger partial charge in [-0.3, -0.25) is 9.69 Å². The number of ether oxygens (including phenoxy) is 2. The van der Waals surface area contributed by atoms with Crippen LogP contribution in [0, 0.1) is 0 Å². The molecule has 0 aliphatic rings. The molecule has 0 heterocycles. The number of nitrogens with zero attached hydrogens (tertiary/aromatic N) is 1. The molecule has 6 nitrogen and oxygen atoms in total. The summed E-state index contributed by atoms with van der Waals surface area (Å²) in [6.45, 7) is 12.4. The number of rotatable bonds is 4. The van der Waals surface area contributed by atoms with Crippen LogP contribution in [0.3, 0.4) is 0 Å². The highest BCUT2D eigenvalue weighted by Crippen LogP contribution is 2.12. The first kappa shape index (κ1) is 18.7. The van der Waals surface area contributed by atoms with Crippen LogP contribution in [0.25, 0.3) is 0 Å². The van der Waals surface area contributed by atoms with E-state index in [0.717, 1.165) is 0 Å². The van der Waals surface area contributed by atoms with Gasteiger partial charge in [-0.1, -0.05) is 0 Å². The third-order valence-electron chi connectivity index (χ3n) is 1.90. The number of carbonyl (C=O) groups is 2. The lowest BCUT2D eigenvalue weighted by molar-refractivity contribution is -0.156. The Balaban J connectivity index is 4.73. The van der Waals surface area contributed by atoms with Crippen molar-refractivity contribution in [1.82, 2.24) is 4.90 Å². The van der Waals surface area contributed by atoms with E-state index >= 15 is 0 Å². The summed E-state index contributed by atoms with van der Waals surface area (Å²) >= 11 is 0. The van der Waals surface area contributed by atoms with Gasteiger partial charge in [-0.25, -0.2) is 4.79 Å². The van der Waals surface area contributed by atoms with Crippen molar-refractivity contribution in [3.8, 4) is 0 Å².